The summed E-state index contributed by atoms with van der Waals surface area (Å²) >= 11 is 5.02. The van der Waals surface area contributed by atoms with Crippen LogP contribution in [0.5, 0.6) is 0 Å². The van der Waals surface area contributed by atoms with Gasteiger partial charge >= 0.3 is 0 Å². The first kappa shape index (κ1) is 34.3. The van der Waals surface area contributed by atoms with Crippen molar-refractivity contribution in [1.29, 1.82) is 0 Å². The third kappa shape index (κ3) is 9.22. The van der Waals surface area contributed by atoms with Crippen LogP contribution in [0.25, 0.3) is 0 Å². The predicted molar refractivity (Wildman–Crippen MR) is 186 cm³/mol. The van der Waals surface area contributed by atoms with Gasteiger partial charge in [-0.25, -0.2) is 8.42 Å². The highest BCUT2D eigenvalue weighted by Crippen LogP contribution is 2.27. The minimum atomic E-state index is -4.15. The molecule has 0 radical (unpaired) electrons. The molecule has 2 amide bonds. The van der Waals surface area contributed by atoms with Crippen molar-refractivity contribution in [3.63, 3.8) is 0 Å². The summed E-state index contributed by atoms with van der Waals surface area (Å²) in [5.74, 6) is -0.783. The second-order valence-electron chi connectivity index (χ2n) is 10.7. The number of thioether (sulfide) groups is 1. The molecule has 4 rings (SSSR count). The van der Waals surface area contributed by atoms with E-state index in [0.717, 1.165) is 36.8 Å². The Morgan fingerprint density at radius 1 is 0.889 bits per heavy atom. The molecule has 0 aromatic heterocycles. The second-order valence-corrected chi connectivity index (χ2v) is 14.3. The topological polar surface area (TPSA) is 86.8 Å². The maximum atomic E-state index is 14.5. The number of sulfonamides is 1. The zero-order chi connectivity index (χ0) is 32.4. The van der Waals surface area contributed by atoms with Gasteiger partial charge in [0.2, 0.25) is 11.8 Å². The largest absolute Gasteiger partial charge is 0.354 e. The molecule has 0 saturated heterocycles. The Balaban J connectivity index is 1.79. The van der Waals surface area contributed by atoms with Gasteiger partial charge in [0.05, 0.1) is 10.6 Å². The van der Waals surface area contributed by atoms with Crippen LogP contribution < -0.4 is 9.62 Å². The van der Waals surface area contributed by atoms with Gasteiger partial charge in [-0.3, -0.25) is 13.9 Å². The number of nitrogens with zero attached hydrogens (tertiary/aromatic N) is 2. The lowest BCUT2D eigenvalue weighted by molar-refractivity contribution is -0.140. The standard InChI is InChI=1S/C35H38BrN3O4S2/c1-4-21-37-35(41)33(23-27-9-6-5-7-10-27)38(24-28-11-8-12-29(36)22-28)34(40)25-39(30-15-13-26(2)14-16-30)45(42,43)32-19-17-31(44-3)18-20-32/h5-20,22,33H,4,21,23-25H2,1-3H3,(H,37,41). The van der Waals surface area contributed by atoms with Crippen LogP contribution in [-0.4, -0.2) is 50.5 Å². The summed E-state index contributed by atoms with van der Waals surface area (Å²) in [6.45, 7) is 3.96. The average molecular weight is 709 g/mol. The Labute approximate surface area is 279 Å². The third-order valence-electron chi connectivity index (χ3n) is 7.31. The molecule has 0 spiro atoms. The lowest BCUT2D eigenvalue weighted by Gasteiger charge is -2.34. The number of carbonyl (C=O) groups excluding carboxylic acids is 2. The number of anilines is 1. The fourth-order valence-corrected chi connectivity index (χ4v) is 7.14. The zero-order valence-corrected chi connectivity index (χ0v) is 28.9. The maximum absolute atomic E-state index is 14.5. The van der Waals surface area contributed by atoms with Gasteiger partial charge in [0.25, 0.3) is 10.0 Å². The Hall–Kier alpha value is -3.60. The third-order valence-corrected chi connectivity index (χ3v) is 10.3. The molecular weight excluding hydrogens is 670 g/mol. The highest BCUT2D eigenvalue weighted by molar-refractivity contribution is 9.10. The van der Waals surface area contributed by atoms with Crippen LogP contribution in [0.4, 0.5) is 5.69 Å². The normalized spacial score (nSPS) is 11.9. The maximum Gasteiger partial charge on any atom is 0.264 e. The first-order valence-electron chi connectivity index (χ1n) is 14.7. The number of carbonyl (C=O) groups is 2. The number of amides is 2. The Morgan fingerprint density at radius 3 is 2.18 bits per heavy atom. The van der Waals surface area contributed by atoms with Gasteiger partial charge in [0, 0.05) is 28.9 Å². The van der Waals surface area contributed by atoms with Crippen LogP contribution in [0.15, 0.2) is 117 Å². The summed E-state index contributed by atoms with van der Waals surface area (Å²) in [4.78, 5) is 30.7. The van der Waals surface area contributed by atoms with Crippen LogP contribution >= 0.6 is 27.7 Å². The van der Waals surface area contributed by atoms with Crippen LogP contribution in [0.3, 0.4) is 0 Å². The van der Waals surface area contributed by atoms with Crippen molar-refractivity contribution in [3.05, 3.63) is 124 Å². The molecule has 0 saturated carbocycles. The summed E-state index contributed by atoms with van der Waals surface area (Å²) in [7, 11) is -4.15. The van der Waals surface area contributed by atoms with Crippen molar-refractivity contribution in [3.8, 4) is 0 Å². The van der Waals surface area contributed by atoms with Gasteiger partial charge in [-0.2, -0.15) is 0 Å². The van der Waals surface area contributed by atoms with E-state index in [1.54, 1.807) is 36.4 Å². The predicted octanol–water partition coefficient (Wildman–Crippen LogP) is 6.84. The minimum absolute atomic E-state index is 0.0775. The lowest BCUT2D eigenvalue weighted by atomic mass is 10.0. The first-order valence-corrected chi connectivity index (χ1v) is 18.2. The van der Waals surface area contributed by atoms with Crippen LogP contribution in [0, 0.1) is 6.92 Å². The highest BCUT2D eigenvalue weighted by atomic mass is 79.9. The second kappa shape index (κ2) is 16.1. The Kier molecular flexibility index (Phi) is 12.3. The SMILES string of the molecule is CCCNC(=O)C(Cc1ccccc1)N(Cc1cccc(Br)c1)C(=O)CN(c1ccc(C)cc1)S(=O)(=O)c1ccc(SC)cc1. The highest BCUT2D eigenvalue weighted by Gasteiger charge is 2.34. The number of hydrogen-bond donors (Lipinski definition) is 1. The molecule has 45 heavy (non-hydrogen) atoms. The number of benzene rings is 4. The number of hydrogen-bond acceptors (Lipinski definition) is 5. The quantitative estimate of drug-likeness (QED) is 0.145. The summed E-state index contributed by atoms with van der Waals surface area (Å²) < 4.78 is 30.3. The number of nitrogens with one attached hydrogen (secondary N) is 1. The number of halogens is 1. The van der Waals surface area contributed by atoms with Crippen LogP contribution in [0.2, 0.25) is 0 Å². The van der Waals surface area contributed by atoms with Crippen molar-refractivity contribution < 1.29 is 18.0 Å². The van der Waals surface area contributed by atoms with Gasteiger partial charge in [-0.1, -0.05) is 83.0 Å². The van der Waals surface area contributed by atoms with E-state index in [-0.39, 0.29) is 23.8 Å². The van der Waals surface area contributed by atoms with E-state index >= 15 is 0 Å². The summed E-state index contributed by atoms with van der Waals surface area (Å²) in [5.41, 5.74) is 3.01. The Morgan fingerprint density at radius 2 is 1.56 bits per heavy atom. The Bertz CT molecular complexity index is 1680. The van der Waals surface area contributed by atoms with Crippen LogP contribution in [0.1, 0.15) is 30.0 Å². The summed E-state index contributed by atoms with van der Waals surface area (Å²) in [5, 5.41) is 2.97. The van der Waals surface area contributed by atoms with E-state index in [2.05, 4.69) is 21.2 Å². The fraction of sp³-hybridized carbons (Fsp3) is 0.257. The molecule has 0 bridgehead atoms. The molecule has 1 atom stereocenters. The monoisotopic (exact) mass is 707 g/mol. The molecule has 4 aromatic carbocycles. The molecule has 7 nitrogen and oxygen atoms in total. The smallest absolute Gasteiger partial charge is 0.264 e. The molecule has 0 heterocycles. The lowest BCUT2D eigenvalue weighted by Crippen LogP contribution is -2.53. The molecule has 0 aliphatic carbocycles. The van der Waals surface area contributed by atoms with Crippen molar-refractivity contribution in [1.82, 2.24) is 10.2 Å². The zero-order valence-electron chi connectivity index (χ0n) is 25.6. The van der Waals surface area contributed by atoms with Gasteiger partial charge in [0.15, 0.2) is 0 Å². The van der Waals surface area contributed by atoms with Gasteiger partial charge in [-0.05, 0) is 79.3 Å². The first-order chi connectivity index (χ1) is 21.6. The molecular formula is C35H38BrN3O4S2. The van der Waals surface area contributed by atoms with Crippen molar-refractivity contribution >= 4 is 55.2 Å². The molecule has 0 fully saturated rings. The van der Waals surface area contributed by atoms with E-state index in [1.165, 1.54) is 16.7 Å². The molecule has 4 aromatic rings. The summed E-state index contributed by atoms with van der Waals surface area (Å²) in [6.07, 6.45) is 2.92. The van der Waals surface area contributed by atoms with Crippen LogP contribution in [-0.2, 0) is 32.6 Å². The van der Waals surface area contributed by atoms with E-state index < -0.39 is 28.5 Å². The molecule has 236 valence electrons. The number of aryl methyl sites for hydroxylation is 1. The van der Waals surface area contributed by atoms with Crippen molar-refractivity contribution in [2.45, 2.75) is 49.1 Å². The van der Waals surface area contributed by atoms with E-state index in [0.29, 0.717) is 12.2 Å². The van der Waals surface area contributed by atoms with Crippen molar-refractivity contribution in [2.75, 3.05) is 23.7 Å². The van der Waals surface area contributed by atoms with Crippen molar-refractivity contribution in [2.24, 2.45) is 0 Å². The van der Waals surface area contributed by atoms with E-state index in [9.17, 15) is 18.0 Å². The molecule has 10 heteroatoms. The van der Waals surface area contributed by atoms with E-state index in [1.807, 2.05) is 86.8 Å². The van der Waals surface area contributed by atoms with Gasteiger partial charge in [-0.15, -0.1) is 11.8 Å². The van der Waals surface area contributed by atoms with E-state index in [4.69, 9.17) is 0 Å². The molecule has 0 aliphatic heterocycles. The fourth-order valence-electron chi connectivity index (χ4n) is 4.87. The number of rotatable bonds is 14. The summed E-state index contributed by atoms with van der Waals surface area (Å²) in [6, 6.07) is 29.8. The van der Waals surface area contributed by atoms with Gasteiger partial charge in [0.1, 0.15) is 12.6 Å². The molecule has 1 N–H and O–H groups in total. The minimum Gasteiger partial charge on any atom is -0.354 e. The molecule has 1 unspecified atom stereocenters. The average Bonchev–Trinajstić information content (AvgIpc) is 3.05. The van der Waals surface area contributed by atoms with Gasteiger partial charge < -0.3 is 10.2 Å². The molecule has 0 aliphatic rings.